The van der Waals surface area contributed by atoms with E-state index in [4.69, 9.17) is 11.6 Å². The van der Waals surface area contributed by atoms with Crippen LogP contribution in [0.25, 0.3) is 21.8 Å². The van der Waals surface area contributed by atoms with Crippen molar-refractivity contribution < 1.29 is 9.72 Å². The minimum atomic E-state index is -0.400. The van der Waals surface area contributed by atoms with Crippen LogP contribution in [-0.4, -0.2) is 21.2 Å². The van der Waals surface area contributed by atoms with Gasteiger partial charge in [-0.15, -0.1) is 11.6 Å². The number of nitro groups is 1. The molecule has 1 heterocycles. The molecule has 3 aromatic rings. The van der Waals surface area contributed by atoms with Gasteiger partial charge in [0, 0.05) is 58.3 Å². The van der Waals surface area contributed by atoms with Crippen LogP contribution in [0, 0.1) is 10.1 Å². The second-order valence-electron chi connectivity index (χ2n) is 5.66. The average molecular weight is 345 g/mol. The van der Waals surface area contributed by atoms with E-state index in [1.165, 1.54) is 6.07 Å². The molecule has 6 heteroatoms. The lowest BCUT2D eigenvalue weighted by molar-refractivity contribution is -0.384. The van der Waals surface area contributed by atoms with Crippen molar-refractivity contribution in [3.8, 4) is 0 Å². The Hall–Kier alpha value is -2.40. The van der Waals surface area contributed by atoms with Gasteiger partial charge in [-0.05, 0) is 30.7 Å². The van der Waals surface area contributed by atoms with Crippen LogP contribution in [0.15, 0.2) is 36.4 Å². The summed E-state index contributed by atoms with van der Waals surface area (Å²) in [6.07, 6.45) is 1.23. The largest absolute Gasteiger partial charge is 0.340 e. The molecule has 2 aromatic carbocycles. The van der Waals surface area contributed by atoms with Gasteiger partial charge >= 0.3 is 0 Å². The fraction of sp³-hybridized carbons (Fsp3) is 0.278. The molecule has 1 aromatic heterocycles. The molecular formula is C18H17ClN2O3. The normalized spacial score (nSPS) is 11.2. The van der Waals surface area contributed by atoms with Crippen molar-refractivity contribution in [1.82, 2.24) is 4.57 Å². The molecule has 0 atom stereocenters. The molecule has 0 saturated heterocycles. The Labute approximate surface area is 144 Å². The maximum atomic E-state index is 12.0. The summed E-state index contributed by atoms with van der Waals surface area (Å²) >= 11 is 5.83. The lowest BCUT2D eigenvalue weighted by Gasteiger charge is -2.06. The highest BCUT2D eigenvalue weighted by Gasteiger charge is 2.16. The van der Waals surface area contributed by atoms with E-state index in [2.05, 4.69) is 4.57 Å². The van der Waals surface area contributed by atoms with Gasteiger partial charge in [-0.2, -0.15) is 0 Å². The summed E-state index contributed by atoms with van der Waals surface area (Å²) in [7, 11) is 0. The van der Waals surface area contributed by atoms with E-state index in [9.17, 15) is 14.9 Å². The number of hydrogen-bond acceptors (Lipinski definition) is 3. The lowest BCUT2D eigenvalue weighted by atomic mass is 10.0. The van der Waals surface area contributed by atoms with Crippen molar-refractivity contribution in [2.24, 2.45) is 0 Å². The number of non-ortho nitro benzene ring substituents is 1. The Morgan fingerprint density at radius 2 is 1.83 bits per heavy atom. The zero-order valence-corrected chi connectivity index (χ0v) is 14.0. The SMILES string of the molecule is CCC(=O)c1ccc2c(c1)c1cc([N+](=O)[O-])ccc1n2CCCCl. The summed E-state index contributed by atoms with van der Waals surface area (Å²) in [6, 6.07) is 10.4. The molecule has 0 amide bonds. The van der Waals surface area contributed by atoms with E-state index in [1.54, 1.807) is 12.1 Å². The number of Topliss-reactive ketones (excluding diaryl/α,β-unsaturated/α-hetero) is 1. The van der Waals surface area contributed by atoms with Crippen LogP contribution >= 0.6 is 11.6 Å². The molecule has 0 saturated carbocycles. The van der Waals surface area contributed by atoms with Gasteiger partial charge in [-0.3, -0.25) is 14.9 Å². The Kier molecular flexibility index (Phi) is 4.53. The molecule has 0 fully saturated rings. The van der Waals surface area contributed by atoms with Crippen molar-refractivity contribution in [1.29, 1.82) is 0 Å². The summed E-state index contributed by atoms with van der Waals surface area (Å²) < 4.78 is 2.11. The van der Waals surface area contributed by atoms with Crippen LogP contribution in [-0.2, 0) is 6.54 Å². The number of carbonyl (C=O) groups excluding carboxylic acids is 1. The number of rotatable bonds is 6. The molecule has 124 valence electrons. The number of alkyl halides is 1. The average Bonchev–Trinajstić information content (AvgIpc) is 2.91. The second-order valence-corrected chi connectivity index (χ2v) is 6.04. The van der Waals surface area contributed by atoms with Gasteiger partial charge in [-0.1, -0.05) is 6.92 Å². The van der Waals surface area contributed by atoms with E-state index in [0.29, 0.717) is 17.9 Å². The van der Waals surface area contributed by atoms with Gasteiger partial charge in [-0.25, -0.2) is 0 Å². The number of hydrogen-bond donors (Lipinski definition) is 0. The molecule has 0 bridgehead atoms. The maximum Gasteiger partial charge on any atom is 0.270 e. The number of benzene rings is 2. The highest BCUT2D eigenvalue weighted by Crippen LogP contribution is 2.33. The third-order valence-electron chi connectivity index (χ3n) is 4.22. The van der Waals surface area contributed by atoms with Crippen molar-refractivity contribution in [3.63, 3.8) is 0 Å². The van der Waals surface area contributed by atoms with Gasteiger partial charge in [0.25, 0.3) is 5.69 Å². The number of carbonyl (C=O) groups is 1. The quantitative estimate of drug-likeness (QED) is 0.276. The Morgan fingerprint density at radius 1 is 1.17 bits per heavy atom. The number of aromatic nitrogens is 1. The molecule has 0 aliphatic heterocycles. The van der Waals surface area contributed by atoms with E-state index in [0.717, 1.165) is 34.8 Å². The third kappa shape index (κ3) is 2.76. The summed E-state index contributed by atoms with van der Waals surface area (Å²) in [5.41, 5.74) is 2.56. The van der Waals surface area contributed by atoms with Crippen molar-refractivity contribution in [2.75, 3.05) is 5.88 Å². The first kappa shape index (κ1) is 16.5. The lowest BCUT2D eigenvalue weighted by Crippen LogP contribution is -1.99. The fourth-order valence-electron chi connectivity index (χ4n) is 3.04. The van der Waals surface area contributed by atoms with Crippen LogP contribution in [0.4, 0.5) is 5.69 Å². The first-order valence-corrected chi connectivity index (χ1v) is 8.39. The first-order valence-electron chi connectivity index (χ1n) is 7.86. The van der Waals surface area contributed by atoms with Gasteiger partial charge < -0.3 is 4.57 Å². The van der Waals surface area contributed by atoms with Crippen molar-refractivity contribution in [3.05, 3.63) is 52.1 Å². The zero-order chi connectivity index (χ0) is 17.3. The van der Waals surface area contributed by atoms with Crippen LogP contribution in [0.3, 0.4) is 0 Å². The predicted octanol–water partition coefficient (Wildman–Crippen LogP) is 4.92. The molecule has 0 aliphatic rings. The molecule has 0 spiro atoms. The number of nitrogens with zero attached hydrogens (tertiary/aromatic N) is 2. The molecule has 0 unspecified atom stereocenters. The predicted molar refractivity (Wildman–Crippen MR) is 96.1 cm³/mol. The van der Waals surface area contributed by atoms with Crippen molar-refractivity contribution >= 4 is 44.9 Å². The third-order valence-corrected chi connectivity index (χ3v) is 4.48. The van der Waals surface area contributed by atoms with Crippen molar-refractivity contribution in [2.45, 2.75) is 26.3 Å². The molecule has 0 aliphatic carbocycles. The summed E-state index contributed by atoms with van der Waals surface area (Å²) in [4.78, 5) is 22.7. The summed E-state index contributed by atoms with van der Waals surface area (Å²) in [5, 5.41) is 12.8. The second kappa shape index (κ2) is 6.61. The number of fused-ring (bicyclic) bond motifs is 3. The number of nitro benzene ring substituents is 1. The van der Waals surface area contributed by atoms with Gasteiger partial charge in [0.1, 0.15) is 0 Å². The Bertz CT molecular complexity index is 946. The standard InChI is InChI=1S/C18H17ClN2O3/c1-2-18(22)12-4-6-16-14(10-12)15-11-13(21(23)24)5-7-17(15)20(16)9-3-8-19/h4-7,10-11H,2-3,8-9H2,1H3. The summed E-state index contributed by atoms with van der Waals surface area (Å²) in [6.45, 7) is 2.55. The van der Waals surface area contributed by atoms with Crippen LogP contribution < -0.4 is 0 Å². The van der Waals surface area contributed by atoms with Crippen LogP contribution in [0.1, 0.15) is 30.1 Å². The minimum absolute atomic E-state index is 0.0473. The molecule has 3 rings (SSSR count). The Balaban J connectivity index is 2.31. The van der Waals surface area contributed by atoms with Gasteiger partial charge in [0.05, 0.1) is 4.92 Å². The smallest absolute Gasteiger partial charge is 0.270 e. The topological polar surface area (TPSA) is 65.1 Å². The number of ketones is 1. The molecular weight excluding hydrogens is 328 g/mol. The van der Waals surface area contributed by atoms with E-state index in [1.807, 2.05) is 25.1 Å². The number of aryl methyl sites for hydroxylation is 1. The monoisotopic (exact) mass is 344 g/mol. The van der Waals surface area contributed by atoms with Crippen LogP contribution in [0.5, 0.6) is 0 Å². The van der Waals surface area contributed by atoms with E-state index in [-0.39, 0.29) is 11.5 Å². The highest BCUT2D eigenvalue weighted by atomic mass is 35.5. The van der Waals surface area contributed by atoms with Crippen LogP contribution in [0.2, 0.25) is 0 Å². The van der Waals surface area contributed by atoms with Gasteiger partial charge in [0.2, 0.25) is 0 Å². The first-order chi connectivity index (χ1) is 11.6. The summed E-state index contributed by atoms with van der Waals surface area (Å²) in [5.74, 6) is 0.601. The fourth-order valence-corrected chi connectivity index (χ4v) is 3.16. The molecule has 0 N–H and O–H groups in total. The highest BCUT2D eigenvalue weighted by molar-refractivity contribution is 6.17. The molecule has 5 nitrogen and oxygen atoms in total. The zero-order valence-electron chi connectivity index (χ0n) is 13.3. The maximum absolute atomic E-state index is 12.0. The molecule has 0 radical (unpaired) electrons. The molecule has 24 heavy (non-hydrogen) atoms. The van der Waals surface area contributed by atoms with E-state index >= 15 is 0 Å². The number of halogens is 1. The van der Waals surface area contributed by atoms with Gasteiger partial charge in [0.15, 0.2) is 5.78 Å². The Morgan fingerprint density at radius 3 is 2.46 bits per heavy atom. The van der Waals surface area contributed by atoms with E-state index < -0.39 is 4.92 Å². The minimum Gasteiger partial charge on any atom is -0.340 e.